The summed E-state index contributed by atoms with van der Waals surface area (Å²) in [5.74, 6) is 0.571. The first kappa shape index (κ1) is 23.4. The molecule has 3 rings (SSSR count). The molecule has 31 heavy (non-hydrogen) atoms. The number of imidazole rings is 1. The van der Waals surface area contributed by atoms with Gasteiger partial charge in [-0.15, -0.1) is 0 Å². The molecule has 0 saturated carbocycles. The number of Topliss-reactive ketones (excluding diaryl/α,β-unsaturated/α-hetero) is 1. The molecule has 0 spiro atoms. The number of nitrogens with two attached hydrogens (primary N) is 1. The molecule has 2 aromatic rings. The molecule has 2 heterocycles. The monoisotopic (exact) mass is 440 g/mol. The summed E-state index contributed by atoms with van der Waals surface area (Å²) >= 11 is 0. The van der Waals surface area contributed by atoms with Crippen molar-refractivity contribution in [1.82, 2.24) is 9.55 Å². The van der Waals surface area contributed by atoms with E-state index in [1.165, 1.54) is 0 Å². The minimum atomic E-state index is -1.86. The van der Waals surface area contributed by atoms with Gasteiger partial charge in [-0.25, -0.2) is 4.98 Å². The highest BCUT2D eigenvalue weighted by Crippen LogP contribution is 2.42. The van der Waals surface area contributed by atoms with Crippen LogP contribution in [0.3, 0.4) is 0 Å². The summed E-state index contributed by atoms with van der Waals surface area (Å²) in [6.07, 6.45) is 4.48. The number of hydrogen-bond donors (Lipinski definition) is 1. The number of allylic oxidation sites excluding steroid dienone is 1. The van der Waals surface area contributed by atoms with Crippen LogP contribution in [-0.4, -0.2) is 36.5 Å². The van der Waals surface area contributed by atoms with Crippen molar-refractivity contribution in [3.63, 3.8) is 0 Å². The van der Waals surface area contributed by atoms with E-state index < -0.39 is 8.32 Å². The molecule has 1 aromatic heterocycles. The van der Waals surface area contributed by atoms with Gasteiger partial charge in [0.1, 0.15) is 0 Å². The second-order valence-corrected chi connectivity index (χ2v) is 14.8. The smallest absolute Gasteiger partial charge is 0.201 e. The number of ketones is 1. The number of nitrogen functional groups attached to an aromatic ring is 1. The third-order valence-corrected chi connectivity index (χ3v) is 12.7. The third kappa shape index (κ3) is 4.53. The zero-order valence-corrected chi connectivity index (χ0v) is 20.7. The Kier molecular flexibility index (Phi) is 7.16. The lowest BCUT2D eigenvalue weighted by Crippen LogP contribution is -2.48. The highest BCUT2D eigenvalue weighted by molar-refractivity contribution is 6.77. The van der Waals surface area contributed by atoms with E-state index in [0.717, 1.165) is 36.2 Å². The zero-order valence-electron chi connectivity index (χ0n) is 19.7. The number of rotatable bonds is 9. The molecule has 0 saturated heterocycles. The molecule has 0 atom stereocenters. The summed E-state index contributed by atoms with van der Waals surface area (Å²) in [4.78, 5) is 20.8. The quantitative estimate of drug-likeness (QED) is 0.407. The Hall–Kier alpha value is -2.25. The van der Waals surface area contributed by atoms with E-state index in [9.17, 15) is 4.79 Å². The molecule has 2 N–H and O–H groups in total. The summed E-state index contributed by atoms with van der Waals surface area (Å²) in [6, 6.07) is 5.88. The maximum atomic E-state index is 12.2. The van der Waals surface area contributed by atoms with Gasteiger partial charge in [-0.2, -0.15) is 0 Å². The van der Waals surface area contributed by atoms with Crippen LogP contribution in [-0.2, 0) is 15.8 Å². The molecule has 0 radical (unpaired) electrons. The van der Waals surface area contributed by atoms with E-state index in [-0.39, 0.29) is 5.78 Å². The highest BCUT2D eigenvalue weighted by Gasteiger charge is 2.44. The molecule has 0 unspecified atom stereocenters. The molecule has 0 amide bonds. The molecule has 0 fully saturated rings. The topological polar surface area (TPSA) is 82.5 Å². The van der Waals surface area contributed by atoms with E-state index in [1.807, 2.05) is 22.8 Å². The van der Waals surface area contributed by atoms with Crippen molar-refractivity contribution in [3.05, 3.63) is 30.0 Å². The van der Waals surface area contributed by atoms with Gasteiger partial charge in [-0.05, 0) is 40.7 Å². The SMILES string of the molecule is CC(C)[Si](OCCCn1c(N)nc2cc(C3=CN=CCC3=O)ccc21)(C(C)C)C(C)C. The number of nitrogens with zero attached hydrogens (tertiary/aromatic N) is 3. The number of anilines is 1. The van der Waals surface area contributed by atoms with E-state index in [2.05, 4.69) is 51.5 Å². The number of fused-ring (bicyclic) bond motifs is 1. The van der Waals surface area contributed by atoms with Gasteiger partial charge in [-0.1, -0.05) is 47.6 Å². The maximum absolute atomic E-state index is 12.2. The van der Waals surface area contributed by atoms with Crippen LogP contribution in [0, 0.1) is 0 Å². The van der Waals surface area contributed by atoms with Gasteiger partial charge in [0, 0.05) is 37.6 Å². The molecule has 1 aliphatic rings. The Morgan fingerprint density at radius 2 is 1.81 bits per heavy atom. The van der Waals surface area contributed by atoms with Crippen molar-refractivity contribution < 1.29 is 9.22 Å². The second-order valence-electron chi connectivity index (χ2n) is 9.35. The fraction of sp³-hybridized carbons (Fsp3) is 0.542. The Morgan fingerprint density at radius 3 is 2.42 bits per heavy atom. The molecular weight excluding hydrogens is 404 g/mol. The van der Waals surface area contributed by atoms with Crippen LogP contribution < -0.4 is 5.73 Å². The maximum Gasteiger partial charge on any atom is 0.201 e. The molecule has 6 nitrogen and oxygen atoms in total. The van der Waals surface area contributed by atoms with Crippen molar-refractivity contribution in [3.8, 4) is 0 Å². The predicted molar refractivity (Wildman–Crippen MR) is 132 cm³/mol. The number of aliphatic imine (C=N–C) groups is 1. The van der Waals surface area contributed by atoms with Gasteiger partial charge in [0.15, 0.2) is 14.1 Å². The largest absolute Gasteiger partial charge is 0.416 e. The Labute approximate surface area is 186 Å². The average molecular weight is 441 g/mol. The standard InChI is InChI=1S/C24H36N4O2Si/c1-16(2)31(17(3)4,18(5)6)30-13-7-12-28-22-9-8-19(14-21(22)27-24(28)25)20-15-26-11-10-23(20)29/h8-9,11,14-18H,7,10,12-13H2,1-6H3,(H2,25,27). The average Bonchev–Trinajstić information content (AvgIpc) is 3.01. The first-order chi connectivity index (χ1) is 14.7. The van der Waals surface area contributed by atoms with Crippen LogP contribution in [0.15, 0.2) is 29.4 Å². The Bertz CT molecular complexity index is 983. The third-order valence-electron chi connectivity index (χ3n) is 6.56. The van der Waals surface area contributed by atoms with Crippen molar-refractivity contribution >= 4 is 42.9 Å². The van der Waals surface area contributed by atoms with E-state index in [4.69, 9.17) is 10.2 Å². The first-order valence-electron chi connectivity index (χ1n) is 11.3. The summed E-state index contributed by atoms with van der Waals surface area (Å²) in [5.41, 5.74) is 11.2. The lowest BCUT2D eigenvalue weighted by molar-refractivity contribution is -0.112. The number of carbonyl (C=O) groups is 1. The summed E-state index contributed by atoms with van der Waals surface area (Å²) in [5, 5.41) is 0. The molecule has 7 heteroatoms. The van der Waals surface area contributed by atoms with Crippen LogP contribution in [0.5, 0.6) is 0 Å². The molecule has 1 aliphatic heterocycles. The molecule has 0 aliphatic carbocycles. The summed E-state index contributed by atoms with van der Waals surface area (Å²) in [6.45, 7) is 15.3. The zero-order chi connectivity index (χ0) is 22.8. The first-order valence-corrected chi connectivity index (χ1v) is 13.5. The highest BCUT2D eigenvalue weighted by atomic mass is 28.4. The lowest BCUT2D eigenvalue weighted by Gasteiger charge is -2.42. The number of benzene rings is 1. The van der Waals surface area contributed by atoms with E-state index in [0.29, 0.717) is 34.6 Å². The van der Waals surface area contributed by atoms with Crippen LogP contribution in [0.4, 0.5) is 5.95 Å². The van der Waals surface area contributed by atoms with Gasteiger partial charge in [0.05, 0.1) is 11.0 Å². The van der Waals surface area contributed by atoms with Crippen LogP contribution in [0.1, 0.15) is 59.9 Å². The summed E-state index contributed by atoms with van der Waals surface area (Å²) < 4.78 is 8.72. The number of hydrogen-bond acceptors (Lipinski definition) is 5. The number of carbonyl (C=O) groups excluding carboxylic acids is 1. The molecule has 1 aromatic carbocycles. The van der Waals surface area contributed by atoms with Gasteiger partial charge in [-0.3, -0.25) is 9.79 Å². The molecular formula is C24H36N4O2Si. The van der Waals surface area contributed by atoms with Crippen LogP contribution in [0.2, 0.25) is 16.6 Å². The Morgan fingerprint density at radius 1 is 1.13 bits per heavy atom. The fourth-order valence-electron chi connectivity index (χ4n) is 5.20. The Balaban J connectivity index is 1.74. The van der Waals surface area contributed by atoms with Crippen LogP contribution >= 0.6 is 0 Å². The van der Waals surface area contributed by atoms with E-state index in [1.54, 1.807) is 12.4 Å². The molecule has 168 valence electrons. The normalized spacial score (nSPS) is 15.0. The fourth-order valence-corrected chi connectivity index (χ4v) is 10.7. The van der Waals surface area contributed by atoms with Crippen LogP contribution in [0.25, 0.3) is 16.6 Å². The minimum absolute atomic E-state index is 0.0759. The number of aromatic nitrogens is 2. The summed E-state index contributed by atoms with van der Waals surface area (Å²) in [7, 11) is -1.86. The lowest BCUT2D eigenvalue weighted by atomic mass is 9.99. The number of aryl methyl sites for hydroxylation is 1. The van der Waals surface area contributed by atoms with Crippen molar-refractivity contribution in [2.75, 3.05) is 12.3 Å². The van der Waals surface area contributed by atoms with Crippen molar-refractivity contribution in [2.45, 2.75) is 77.6 Å². The predicted octanol–water partition coefficient (Wildman–Crippen LogP) is 5.59. The van der Waals surface area contributed by atoms with E-state index >= 15 is 0 Å². The van der Waals surface area contributed by atoms with Gasteiger partial charge in [0.2, 0.25) is 5.95 Å². The van der Waals surface area contributed by atoms with Gasteiger partial charge < -0.3 is 14.7 Å². The molecule has 0 bridgehead atoms. The van der Waals surface area contributed by atoms with Crippen molar-refractivity contribution in [2.24, 2.45) is 4.99 Å². The van der Waals surface area contributed by atoms with Gasteiger partial charge >= 0.3 is 0 Å². The van der Waals surface area contributed by atoms with Gasteiger partial charge in [0.25, 0.3) is 0 Å². The van der Waals surface area contributed by atoms with Crippen molar-refractivity contribution in [1.29, 1.82) is 0 Å². The minimum Gasteiger partial charge on any atom is -0.416 e. The second kappa shape index (κ2) is 9.49.